The van der Waals surface area contributed by atoms with E-state index in [9.17, 15) is 9.59 Å². The number of benzene rings is 2. The molecule has 2 rings (SSSR count). The highest BCUT2D eigenvalue weighted by Crippen LogP contribution is 2.17. The number of ether oxygens (including phenoxy) is 3. The molecule has 1 N–H and O–H groups in total. The van der Waals surface area contributed by atoms with Gasteiger partial charge in [0.25, 0.3) is 0 Å². The predicted molar refractivity (Wildman–Crippen MR) is 103 cm³/mol. The van der Waals surface area contributed by atoms with E-state index in [1.165, 1.54) is 0 Å². The summed E-state index contributed by atoms with van der Waals surface area (Å²) in [6.07, 6.45) is 1.72. The number of carbonyl (C=O) groups is 2. The summed E-state index contributed by atoms with van der Waals surface area (Å²) in [5, 5.41) is 2.80. The molecule has 0 saturated heterocycles. The highest BCUT2D eigenvalue weighted by atomic mass is 16.5. The van der Waals surface area contributed by atoms with E-state index in [1.807, 2.05) is 31.2 Å². The van der Waals surface area contributed by atoms with E-state index in [0.29, 0.717) is 37.3 Å². The zero-order chi connectivity index (χ0) is 19.5. The minimum absolute atomic E-state index is 0.102. The number of hydrogen-bond acceptors (Lipinski definition) is 5. The summed E-state index contributed by atoms with van der Waals surface area (Å²) in [7, 11) is 1.61. The molecular formula is C21H25NO5. The number of amides is 1. The molecule has 0 spiro atoms. The molecule has 144 valence electrons. The number of carbonyl (C=O) groups excluding carboxylic acids is 2. The molecule has 2 aromatic rings. The Morgan fingerprint density at radius 1 is 0.926 bits per heavy atom. The molecule has 0 heterocycles. The number of anilines is 1. The van der Waals surface area contributed by atoms with Crippen molar-refractivity contribution < 1.29 is 23.8 Å². The zero-order valence-corrected chi connectivity index (χ0v) is 15.7. The summed E-state index contributed by atoms with van der Waals surface area (Å²) in [5.74, 6) is 1.05. The second kappa shape index (κ2) is 10.9. The summed E-state index contributed by atoms with van der Waals surface area (Å²) in [6.45, 7) is 2.78. The standard InChI is InChI=1S/C21H25NO5/c1-3-14-27-21(24)16-6-8-17(9-7-16)22-20(23)5-4-15-26-19-12-10-18(25-2)11-13-19/h6-13H,3-5,14-15H2,1-2H3,(H,22,23). The SMILES string of the molecule is CCCOC(=O)c1ccc(NC(=O)CCCOc2ccc(OC)cc2)cc1. The van der Waals surface area contributed by atoms with E-state index in [1.54, 1.807) is 31.4 Å². The fourth-order valence-corrected chi connectivity index (χ4v) is 2.29. The summed E-state index contributed by atoms with van der Waals surface area (Å²) in [6, 6.07) is 14.0. The Balaban J connectivity index is 1.69. The number of methoxy groups -OCH3 is 1. The molecule has 0 radical (unpaired) electrons. The van der Waals surface area contributed by atoms with E-state index in [0.717, 1.165) is 17.9 Å². The molecule has 0 bridgehead atoms. The molecule has 1 amide bonds. The third-order valence-corrected chi connectivity index (χ3v) is 3.72. The van der Waals surface area contributed by atoms with Crippen LogP contribution in [0.1, 0.15) is 36.5 Å². The van der Waals surface area contributed by atoms with Crippen molar-refractivity contribution in [3.63, 3.8) is 0 Å². The largest absolute Gasteiger partial charge is 0.497 e. The summed E-state index contributed by atoms with van der Waals surface area (Å²) in [4.78, 5) is 23.7. The molecule has 0 aliphatic carbocycles. The average molecular weight is 371 g/mol. The van der Waals surface area contributed by atoms with Gasteiger partial charge in [-0.25, -0.2) is 4.79 Å². The second-order valence-electron chi connectivity index (χ2n) is 5.89. The quantitative estimate of drug-likeness (QED) is 0.504. The minimum atomic E-state index is -0.356. The van der Waals surface area contributed by atoms with Gasteiger partial charge in [0.05, 0.1) is 25.9 Å². The van der Waals surface area contributed by atoms with Gasteiger partial charge in [-0.3, -0.25) is 4.79 Å². The van der Waals surface area contributed by atoms with E-state index >= 15 is 0 Å². The van der Waals surface area contributed by atoms with Crippen molar-refractivity contribution in [3.05, 3.63) is 54.1 Å². The summed E-state index contributed by atoms with van der Waals surface area (Å²) < 4.78 is 15.7. The Hall–Kier alpha value is -3.02. The van der Waals surface area contributed by atoms with Crippen LogP contribution in [0.4, 0.5) is 5.69 Å². The van der Waals surface area contributed by atoms with E-state index in [2.05, 4.69) is 5.32 Å². The molecule has 0 aromatic heterocycles. The Bertz CT molecular complexity index is 725. The van der Waals surface area contributed by atoms with E-state index < -0.39 is 0 Å². The monoisotopic (exact) mass is 371 g/mol. The van der Waals surface area contributed by atoms with Crippen molar-refractivity contribution in [2.45, 2.75) is 26.2 Å². The molecule has 0 aliphatic rings. The summed E-state index contributed by atoms with van der Waals surface area (Å²) in [5.41, 5.74) is 1.11. The normalized spacial score (nSPS) is 10.1. The van der Waals surface area contributed by atoms with Gasteiger partial charge in [0.2, 0.25) is 5.91 Å². The van der Waals surface area contributed by atoms with Crippen LogP contribution in [0, 0.1) is 0 Å². The Morgan fingerprint density at radius 2 is 1.59 bits per heavy atom. The van der Waals surface area contributed by atoms with Gasteiger partial charge in [-0.2, -0.15) is 0 Å². The van der Waals surface area contributed by atoms with Gasteiger partial charge in [0.1, 0.15) is 11.5 Å². The zero-order valence-electron chi connectivity index (χ0n) is 15.7. The first kappa shape index (κ1) is 20.3. The van der Waals surface area contributed by atoms with Crippen LogP contribution in [0.2, 0.25) is 0 Å². The topological polar surface area (TPSA) is 73.9 Å². The van der Waals surface area contributed by atoms with Crippen LogP contribution in [-0.2, 0) is 9.53 Å². The van der Waals surface area contributed by atoms with Gasteiger partial charge >= 0.3 is 5.97 Å². The third kappa shape index (κ3) is 7.01. The summed E-state index contributed by atoms with van der Waals surface area (Å²) >= 11 is 0. The molecule has 0 saturated carbocycles. The first-order chi connectivity index (χ1) is 13.1. The number of rotatable bonds is 10. The first-order valence-corrected chi connectivity index (χ1v) is 8.96. The Labute approximate surface area is 159 Å². The van der Waals surface area contributed by atoms with Crippen molar-refractivity contribution in [2.75, 3.05) is 25.6 Å². The van der Waals surface area contributed by atoms with E-state index in [-0.39, 0.29) is 11.9 Å². The molecule has 0 unspecified atom stereocenters. The van der Waals surface area contributed by atoms with Gasteiger partial charge in [0, 0.05) is 12.1 Å². The number of esters is 1. The van der Waals surface area contributed by atoms with Crippen LogP contribution in [0.5, 0.6) is 11.5 Å². The predicted octanol–water partition coefficient (Wildman–Crippen LogP) is 4.06. The molecule has 6 nitrogen and oxygen atoms in total. The van der Waals surface area contributed by atoms with E-state index in [4.69, 9.17) is 14.2 Å². The lowest BCUT2D eigenvalue weighted by atomic mass is 10.2. The van der Waals surface area contributed by atoms with Gasteiger partial charge < -0.3 is 19.5 Å². The van der Waals surface area contributed by atoms with Crippen molar-refractivity contribution in [2.24, 2.45) is 0 Å². The number of nitrogens with one attached hydrogen (secondary N) is 1. The fourth-order valence-electron chi connectivity index (χ4n) is 2.29. The fraction of sp³-hybridized carbons (Fsp3) is 0.333. The number of hydrogen-bond donors (Lipinski definition) is 1. The Morgan fingerprint density at radius 3 is 2.22 bits per heavy atom. The van der Waals surface area contributed by atoms with Crippen LogP contribution in [0.25, 0.3) is 0 Å². The molecule has 2 aromatic carbocycles. The molecule has 27 heavy (non-hydrogen) atoms. The van der Waals surface area contributed by atoms with Crippen LogP contribution >= 0.6 is 0 Å². The highest BCUT2D eigenvalue weighted by Gasteiger charge is 2.07. The van der Waals surface area contributed by atoms with Crippen LogP contribution < -0.4 is 14.8 Å². The molecular weight excluding hydrogens is 346 g/mol. The van der Waals surface area contributed by atoms with Gasteiger partial charge in [-0.05, 0) is 61.4 Å². The maximum Gasteiger partial charge on any atom is 0.338 e. The molecule has 0 aliphatic heterocycles. The van der Waals surface area contributed by atoms with Crippen LogP contribution in [0.3, 0.4) is 0 Å². The lowest BCUT2D eigenvalue weighted by Gasteiger charge is -2.08. The van der Waals surface area contributed by atoms with Gasteiger partial charge in [0.15, 0.2) is 0 Å². The van der Waals surface area contributed by atoms with Gasteiger partial charge in [-0.1, -0.05) is 6.92 Å². The van der Waals surface area contributed by atoms with Crippen LogP contribution in [-0.4, -0.2) is 32.2 Å². The maximum atomic E-state index is 12.0. The first-order valence-electron chi connectivity index (χ1n) is 8.96. The second-order valence-corrected chi connectivity index (χ2v) is 5.89. The molecule has 6 heteroatoms. The van der Waals surface area contributed by atoms with Gasteiger partial charge in [-0.15, -0.1) is 0 Å². The Kier molecular flexibility index (Phi) is 8.16. The smallest absolute Gasteiger partial charge is 0.338 e. The van der Waals surface area contributed by atoms with Crippen LogP contribution in [0.15, 0.2) is 48.5 Å². The lowest BCUT2D eigenvalue weighted by Crippen LogP contribution is -2.13. The molecule has 0 atom stereocenters. The molecule has 0 fully saturated rings. The lowest BCUT2D eigenvalue weighted by molar-refractivity contribution is -0.116. The third-order valence-electron chi connectivity index (χ3n) is 3.72. The van der Waals surface area contributed by atoms with Crippen molar-refractivity contribution in [1.82, 2.24) is 0 Å². The average Bonchev–Trinajstić information content (AvgIpc) is 2.70. The minimum Gasteiger partial charge on any atom is -0.497 e. The van der Waals surface area contributed by atoms with Crippen molar-refractivity contribution in [3.8, 4) is 11.5 Å². The van der Waals surface area contributed by atoms with Crippen molar-refractivity contribution in [1.29, 1.82) is 0 Å². The maximum absolute atomic E-state index is 12.0. The van der Waals surface area contributed by atoms with Crippen molar-refractivity contribution >= 4 is 17.6 Å². The highest BCUT2D eigenvalue weighted by molar-refractivity contribution is 5.93.